The van der Waals surface area contributed by atoms with Gasteiger partial charge in [0.2, 0.25) is 11.0 Å². The first kappa shape index (κ1) is 20.6. The molecule has 0 aliphatic carbocycles. The SMILES string of the molecule is CCOC(=O)CCc1ccc(OC(=O)CCCC(=O)Cl)c([N+](=O)[O-])c1. The second kappa shape index (κ2) is 10.4. The molecule has 0 amide bonds. The molecule has 0 spiro atoms. The molecule has 0 aliphatic rings. The van der Waals surface area contributed by atoms with Gasteiger partial charge < -0.3 is 9.47 Å². The lowest BCUT2D eigenvalue weighted by Gasteiger charge is -2.07. The maximum atomic E-state index is 11.7. The van der Waals surface area contributed by atoms with E-state index < -0.39 is 22.1 Å². The molecule has 25 heavy (non-hydrogen) atoms. The highest BCUT2D eigenvalue weighted by molar-refractivity contribution is 6.63. The van der Waals surface area contributed by atoms with Crippen LogP contribution in [-0.4, -0.2) is 28.7 Å². The molecule has 0 N–H and O–H groups in total. The molecular formula is C16H18ClNO7. The number of nitrogens with zero attached hydrogens (tertiary/aromatic N) is 1. The number of nitro benzene ring substituents is 1. The van der Waals surface area contributed by atoms with E-state index in [0.717, 1.165) is 0 Å². The monoisotopic (exact) mass is 371 g/mol. The van der Waals surface area contributed by atoms with Gasteiger partial charge in [-0.15, -0.1) is 0 Å². The van der Waals surface area contributed by atoms with Crippen molar-refractivity contribution in [3.63, 3.8) is 0 Å². The number of benzene rings is 1. The molecule has 0 radical (unpaired) electrons. The Morgan fingerprint density at radius 3 is 2.48 bits per heavy atom. The fourth-order valence-electron chi connectivity index (χ4n) is 1.97. The highest BCUT2D eigenvalue weighted by atomic mass is 35.5. The first-order chi connectivity index (χ1) is 11.8. The number of ether oxygens (including phenoxy) is 2. The van der Waals surface area contributed by atoms with Crippen LogP contribution >= 0.6 is 11.6 Å². The summed E-state index contributed by atoms with van der Waals surface area (Å²) in [5.74, 6) is -1.28. The smallest absolute Gasteiger partial charge is 0.311 e. The lowest BCUT2D eigenvalue weighted by atomic mass is 10.1. The Balaban J connectivity index is 2.73. The third kappa shape index (κ3) is 7.75. The summed E-state index contributed by atoms with van der Waals surface area (Å²) in [5.41, 5.74) is 0.176. The summed E-state index contributed by atoms with van der Waals surface area (Å²) in [6.45, 7) is 1.96. The van der Waals surface area contributed by atoms with Crippen LogP contribution in [0.1, 0.15) is 38.2 Å². The van der Waals surface area contributed by atoms with E-state index in [0.29, 0.717) is 5.56 Å². The molecule has 0 saturated carbocycles. The number of hydrogen-bond donors (Lipinski definition) is 0. The second-order valence-electron chi connectivity index (χ2n) is 5.05. The van der Waals surface area contributed by atoms with Gasteiger partial charge >= 0.3 is 17.6 Å². The zero-order chi connectivity index (χ0) is 18.8. The number of hydrogen-bond acceptors (Lipinski definition) is 7. The van der Waals surface area contributed by atoms with Crippen LogP contribution in [-0.2, 0) is 25.5 Å². The second-order valence-corrected chi connectivity index (χ2v) is 5.47. The third-order valence-electron chi connectivity index (χ3n) is 3.12. The van der Waals surface area contributed by atoms with E-state index in [-0.39, 0.29) is 50.1 Å². The van der Waals surface area contributed by atoms with Crippen LogP contribution in [0.2, 0.25) is 0 Å². The van der Waals surface area contributed by atoms with Crippen LogP contribution in [0.3, 0.4) is 0 Å². The predicted molar refractivity (Wildman–Crippen MR) is 88.4 cm³/mol. The van der Waals surface area contributed by atoms with E-state index in [4.69, 9.17) is 21.1 Å². The van der Waals surface area contributed by atoms with Gasteiger partial charge in [0.1, 0.15) is 0 Å². The van der Waals surface area contributed by atoms with Crippen LogP contribution in [0.15, 0.2) is 18.2 Å². The zero-order valence-electron chi connectivity index (χ0n) is 13.7. The average molecular weight is 372 g/mol. The van der Waals surface area contributed by atoms with E-state index in [1.165, 1.54) is 18.2 Å². The minimum absolute atomic E-state index is 0.0194. The lowest BCUT2D eigenvalue weighted by Crippen LogP contribution is -2.10. The maximum Gasteiger partial charge on any atom is 0.311 e. The summed E-state index contributed by atoms with van der Waals surface area (Å²) in [6.07, 6.45) is 0.501. The molecule has 0 bridgehead atoms. The molecule has 0 aliphatic heterocycles. The van der Waals surface area contributed by atoms with Crippen LogP contribution in [0.4, 0.5) is 5.69 Å². The third-order valence-corrected chi connectivity index (χ3v) is 3.31. The summed E-state index contributed by atoms with van der Waals surface area (Å²) >= 11 is 5.16. The van der Waals surface area contributed by atoms with E-state index >= 15 is 0 Å². The summed E-state index contributed by atoms with van der Waals surface area (Å²) < 4.78 is 9.78. The number of esters is 2. The van der Waals surface area contributed by atoms with E-state index in [1.54, 1.807) is 6.92 Å². The van der Waals surface area contributed by atoms with Crippen LogP contribution in [0, 0.1) is 10.1 Å². The van der Waals surface area contributed by atoms with Gasteiger partial charge in [-0.05, 0) is 43.0 Å². The maximum absolute atomic E-state index is 11.7. The molecule has 0 atom stereocenters. The van der Waals surface area contributed by atoms with Crippen molar-refractivity contribution in [2.45, 2.75) is 39.0 Å². The van der Waals surface area contributed by atoms with Crippen molar-refractivity contribution >= 4 is 34.5 Å². The highest BCUT2D eigenvalue weighted by Crippen LogP contribution is 2.29. The van der Waals surface area contributed by atoms with E-state index in [1.807, 2.05) is 0 Å². The fourth-order valence-corrected chi connectivity index (χ4v) is 2.11. The average Bonchev–Trinajstić information content (AvgIpc) is 2.53. The summed E-state index contributed by atoms with van der Waals surface area (Å²) in [7, 11) is 0. The molecule has 1 aromatic rings. The number of aryl methyl sites for hydroxylation is 1. The lowest BCUT2D eigenvalue weighted by molar-refractivity contribution is -0.385. The van der Waals surface area contributed by atoms with Gasteiger partial charge in [-0.3, -0.25) is 24.5 Å². The van der Waals surface area contributed by atoms with E-state index in [9.17, 15) is 24.5 Å². The number of rotatable bonds is 10. The van der Waals surface area contributed by atoms with Crippen molar-refractivity contribution in [1.82, 2.24) is 0 Å². The Labute approximate surface area is 149 Å². The number of nitro groups is 1. The van der Waals surface area contributed by atoms with Gasteiger partial charge in [-0.2, -0.15) is 0 Å². The first-order valence-corrected chi connectivity index (χ1v) is 8.03. The standard InChI is InChI=1S/C16H18ClNO7/c1-2-24-15(20)9-7-11-6-8-13(12(10-11)18(22)23)25-16(21)5-3-4-14(17)19/h6,8,10H,2-5,7,9H2,1H3. The Morgan fingerprint density at radius 1 is 1.16 bits per heavy atom. The molecule has 1 rings (SSSR count). The molecule has 0 heterocycles. The normalized spacial score (nSPS) is 10.2. The minimum Gasteiger partial charge on any atom is -0.466 e. The number of halogens is 1. The van der Waals surface area contributed by atoms with Crippen molar-refractivity contribution < 1.29 is 28.8 Å². The molecule has 0 saturated heterocycles. The molecule has 136 valence electrons. The quantitative estimate of drug-likeness (QED) is 0.204. The van der Waals surface area contributed by atoms with Gasteiger partial charge in [0.25, 0.3) is 0 Å². The molecule has 0 aromatic heterocycles. The van der Waals surface area contributed by atoms with Crippen LogP contribution in [0.5, 0.6) is 5.75 Å². The van der Waals surface area contributed by atoms with Gasteiger partial charge in [0.05, 0.1) is 11.5 Å². The van der Waals surface area contributed by atoms with Gasteiger partial charge in [-0.1, -0.05) is 6.07 Å². The Kier molecular flexibility index (Phi) is 8.55. The Bertz CT molecular complexity index is 660. The molecule has 9 heteroatoms. The van der Waals surface area contributed by atoms with Crippen LogP contribution < -0.4 is 4.74 Å². The summed E-state index contributed by atoms with van der Waals surface area (Å²) in [4.78, 5) is 44.1. The van der Waals surface area contributed by atoms with Crippen molar-refractivity contribution in [1.29, 1.82) is 0 Å². The Morgan fingerprint density at radius 2 is 1.88 bits per heavy atom. The molecule has 8 nitrogen and oxygen atoms in total. The Hall–Kier alpha value is -2.48. The van der Waals surface area contributed by atoms with Crippen molar-refractivity contribution in [3.8, 4) is 5.75 Å². The number of carbonyl (C=O) groups is 3. The summed E-state index contributed by atoms with van der Waals surface area (Å²) in [5, 5.41) is 10.6. The van der Waals surface area contributed by atoms with Gasteiger partial charge in [0, 0.05) is 25.3 Å². The predicted octanol–water partition coefficient (Wildman–Crippen LogP) is 2.93. The van der Waals surface area contributed by atoms with Crippen molar-refractivity contribution in [2.75, 3.05) is 6.61 Å². The molecule has 0 unspecified atom stereocenters. The van der Waals surface area contributed by atoms with Crippen molar-refractivity contribution in [2.24, 2.45) is 0 Å². The largest absolute Gasteiger partial charge is 0.466 e. The fraction of sp³-hybridized carbons (Fsp3) is 0.438. The summed E-state index contributed by atoms with van der Waals surface area (Å²) in [6, 6.07) is 4.10. The van der Waals surface area contributed by atoms with Gasteiger partial charge in [0.15, 0.2) is 0 Å². The molecular weight excluding hydrogens is 354 g/mol. The van der Waals surface area contributed by atoms with Crippen LogP contribution in [0.25, 0.3) is 0 Å². The van der Waals surface area contributed by atoms with E-state index in [2.05, 4.69) is 0 Å². The molecule has 1 aromatic carbocycles. The first-order valence-electron chi connectivity index (χ1n) is 7.65. The highest BCUT2D eigenvalue weighted by Gasteiger charge is 2.19. The number of carbonyl (C=O) groups excluding carboxylic acids is 3. The van der Waals surface area contributed by atoms with Gasteiger partial charge in [-0.25, -0.2) is 0 Å². The zero-order valence-corrected chi connectivity index (χ0v) is 14.4. The minimum atomic E-state index is -0.694. The molecule has 0 fully saturated rings. The van der Waals surface area contributed by atoms with Crippen molar-refractivity contribution in [3.05, 3.63) is 33.9 Å². The topological polar surface area (TPSA) is 113 Å².